The average molecular weight is 729 g/mol. The standard InChI is InChI=1S/C27H22NO.C9H16O2.Ir/c1-17-14-23-22-8-4-5-9-25(22)29-27(23)24(15-17)26-21-11-10-19(18-6-2-3-7-18)16-20(21)12-13-28-26;1-6(2)8(10)5-9(11)7(3)4;/h4-5,8-14,16,18H,2-3,6-7H2,1H3;5-7,10H,1-4H3;/q-1;;/b;8-5-;/i1D3,18D;;. The molecule has 0 spiro atoms. The fourth-order valence-corrected chi connectivity index (χ4v) is 5.10. The van der Waals surface area contributed by atoms with Gasteiger partial charge in [0.1, 0.15) is 5.58 Å². The first-order valence-corrected chi connectivity index (χ1v) is 14.0. The second-order valence-corrected chi connectivity index (χ2v) is 11.1. The van der Waals surface area contributed by atoms with Gasteiger partial charge in [-0.15, -0.1) is 17.7 Å². The number of benzene rings is 3. The Morgan fingerprint density at radius 2 is 1.80 bits per heavy atom. The van der Waals surface area contributed by atoms with Gasteiger partial charge in [0.2, 0.25) is 0 Å². The van der Waals surface area contributed by atoms with Crippen LogP contribution in [0.25, 0.3) is 44.0 Å². The normalized spacial score (nSPS) is 16.6. The van der Waals surface area contributed by atoms with Gasteiger partial charge in [-0.05, 0) is 52.9 Å². The quantitative estimate of drug-likeness (QED) is 0.111. The predicted molar refractivity (Wildman–Crippen MR) is 165 cm³/mol. The van der Waals surface area contributed by atoms with Gasteiger partial charge in [-0.2, -0.15) is 0 Å². The van der Waals surface area contributed by atoms with Crippen molar-refractivity contribution < 1.29 is 39.9 Å². The molecule has 215 valence electrons. The van der Waals surface area contributed by atoms with Crippen LogP contribution in [0.15, 0.2) is 77.0 Å². The number of ketones is 1. The molecule has 1 aliphatic rings. The number of aliphatic hydroxyl groups excluding tert-OH is 1. The van der Waals surface area contributed by atoms with E-state index in [1.165, 1.54) is 6.08 Å². The number of para-hydroxylation sites is 1. The number of hydrogen-bond donors (Lipinski definition) is 1. The SMILES string of the molecule is CC(C)C(=O)/C=C(\O)C(C)C.[2H]C([2H])([2H])c1[c-]c(-c2nccc3cc(C4([2H])CCCC4)ccc23)c2oc3ccccc3c2c1.[Ir]. The van der Waals surface area contributed by atoms with Gasteiger partial charge < -0.3 is 14.5 Å². The molecule has 0 amide bonds. The number of aromatic nitrogens is 1. The van der Waals surface area contributed by atoms with E-state index in [0.29, 0.717) is 22.4 Å². The second kappa shape index (κ2) is 13.1. The summed E-state index contributed by atoms with van der Waals surface area (Å²) in [6.45, 7) is 5.01. The Balaban J connectivity index is 0.000000332. The minimum absolute atomic E-state index is 0. The van der Waals surface area contributed by atoms with Crippen molar-refractivity contribution in [1.29, 1.82) is 0 Å². The molecule has 0 unspecified atom stereocenters. The van der Waals surface area contributed by atoms with Crippen molar-refractivity contribution in [1.82, 2.24) is 4.98 Å². The van der Waals surface area contributed by atoms with Gasteiger partial charge in [-0.25, -0.2) is 0 Å². The third-order valence-electron chi connectivity index (χ3n) is 7.48. The number of pyridine rings is 1. The number of fused-ring (bicyclic) bond motifs is 4. The molecule has 0 aliphatic heterocycles. The third-order valence-corrected chi connectivity index (χ3v) is 7.48. The summed E-state index contributed by atoms with van der Waals surface area (Å²) in [5, 5.41) is 12.7. The van der Waals surface area contributed by atoms with Gasteiger partial charge >= 0.3 is 0 Å². The van der Waals surface area contributed by atoms with E-state index in [0.717, 1.165) is 52.8 Å². The number of carbonyl (C=O) groups excluding carboxylic acids is 1. The molecule has 1 saturated carbocycles. The molecule has 6 rings (SSSR count). The summed E-state index contributed by atoms with van der Waals surface area (Å²) in [5.74, 6) is -0.370. The van der Waals surface area contributed by atoms with Crippen molar-refractivity contribution in [3.63, 3.8) is 0 Å². The number of aryl methyl sites for hydroxylation is 1. The summed E-state index contributed by atoms with van der Waals surface area (Å²) in [7, 11) is 0. The molecule has 2 heterocycles. The molecule has 5 aromatic rings. The third kappa shape index (κ3) is 6.63. The van der Waals surface area contributed by atoms with Crippen molar-refractivity contribution in [2.24, 2.45) is 11.8 Å². The van der Waals surface area contributed by atoms with Crippen LogP contribution in [0.5, 0.6) is 0 Å². The van der Waals surface area contributed by atoms with Crippen LogP contribution in [-0.4, -0.2) is 15.9 Å². The Morgan fingerprint density at radius 1 is 1.05 bits per heavy atom. The molecule has 2 aromatic heterocycles. The van der Waals surface area contributed by atoms with Crippen molar-refractivity contribution in [3.8, 4) is 11.3 Å². The summed E-state index contributed by atoms with van der Waals surface area (Å²) < 4.78 is 39.1. The molecular formula is C36H38IrNO3-. The fourth-order valence-electron chi connectivity index (χ4n) is 5.10. The van der Waals surface area contributed by atoms with Crippen LogP contribution in [0.2, 0.25) is 0 Å². The number of furan rings is 1. The molecule has 1 N–H and O–H groups in total. The minimum Gasteiger partial charge on any atom is -0.512 e. The second-order valence-electron chi connectivity index (χ2n) is 11.1. The number of aliphatic hydroxyl groups is 1. The molecule has 1 aliphatic carbocycles. The van der Waals surface area contributed by atoms with E-state index in [4.69, 9.17) is 9.90 Å². The van der Waals surface area contributed by atoms with Gasteiger partial charge in [0.05, 0.1) is 11.3 Å². The predicted octanol–water partition coefficient (Wildman–Crippen LogP) is 9.87. The van der Waals surface area contributed by atoms with Crippen LogP contribution in [0, 0.1) is 24.8 Å². The Labute approximate surface area is 261 Å². The van der Waals surface area contributed by atoms with E-state index in [1.54, 1.807) is 12.3 Å². The zero-order valence-corrected chi connectivity index (χ0v) is 26.3. The van der Waals surface area contributed by atoms with Crippen molar-refractivity contribution >= 4 is 38.5 Å². The molecule has 41 heavy (non-hydrogen) atoms. The first-order valence-electron chi connectivity index (χ1n) is 16.0. The van der Waals surface area contributed by atoms with Gasteiger partial charge in [0.25, 0.3) is 0 Å². The summed E-state index contributed by atoms with van der Waals surface area (Å²) in [4.78, 5) is 15.7. The van der Waals surface area contributed by atoms with E-state index >= 15 is 0 Å². The van der Waals surface area contributed by atoms with Gasteiger partial charge in [-0.3, -0.25) is 4.79 Å². The number of carbonyl (C=O) groups is 1. The zero-order chi connectivity index (χ0) is 31.8. The Kier molecular flexibility index (Phi) is 8.16. The Bertz CT molecular complexity index is 1870. The maximum Gasteiger partial charge on any atom is 0.161 e. The largest absolute Gasteiger partial charge is 0.512 e. The van der Waals surface area contributed by atoms with Crippen LogP contribution >= 0.6 is 0 Å². The van der Waals surface area contributed by atoms with Crippen LogP contribution in [0.3, 0.4) is 0 Å². The molecule has 1 radical (unpaired) electrons. The molecule has 0 atom stereocenters. The first-order chi connectivity index (χ1) is 20.8. The Hall–Kier alpha value is -3.27. The number of nitrogens with zero attached hydrogens (tertiary/aromatic N) is 1. The van der Waals surface area contributed by atoms with Gasteiger partial charge in [-0.1, -0.05) is 94.7 Å². The monoisotopic (exact) mass is 729 g/mol. The minimum atomic E-state index is -2.31. The maximum atomic E-state index is 11.0. The van der Waals surface area contributed by atoms with Crippen LogP contribution < -0.4 is 0 Å². The molecule has 1 fully saturated rings. The molecule has 3 aromatic carbocycles. The summed E-state index contributed by atoms with van der Waals surface area (Å²) >= 11 is 0. The van der Waals surface area contributed by atoms with E-state index < -0.39 is 12.7 Å². The smallest absolute Gasteiger partial charge is 0.161 e. The molecular weight excluding hydrogens is 687 g/mol. The topological polar surface area (TPSA) is 63.3 Å². The summed E-state index contributed by atoms with van der Waals surface area (Å²) in [5.41, 5.74) is 3.64. The van der Waals surface area contributed by atoms with E-state index in [9.17, 15) is 9.90 Å². The Morgan fingerprint density at radius 3 is 2.51 bits per heavy atom. The molecule has 0 saturated heterocycles. The van der Waals surface area contributed by atoms with E-state index in [-0.39, 0.29) is 49.0 Å². The number of hydrogen-bond acceptors (Lipinski definition) is 4. The van der Waals surface area contributed by atoms with E-state index in [1.807, 2.05) is 70.2 Å². The van der Waals surface area contributed by atoms with Crippen LogP contribution in [-0.2, 0) is 24.9 Å². The van der Waals surface area contributed by atoms with Crippen molar-refractivity contribution in [3.05, 3.63) is 89.8 Å². The van der Waals surface area contributed by atoms with Gasteiger partial charge in [0, 0.05) is 55.1 Å². The maximum absolute atomic E-state index is 11.0. The molecule has 5 heteroatoms. The van der Waals surface area contributed by atoms with Crippen molar-refractivity contribution in [2.45, 2.75) is 66.1 Å². The summed E-state index contributed by atoms with van der Waals surface area (Å²) in [6.07, 6.45) is 6.98. The summed E-state index contributed by atoms with van der Waals surface area (Å²) in [6, 6.07) is 20.5. The molecule has 0 bridgehead atoms. The zero-order valence-electron chi connectivity index (χ0n) is 27.9. The van der Waals surface area contributed by atoms with Crippen LogP contribution in [0.4, 0.5) is 0 Å². The van der Waals surface area contributed by atoms with E-state index in [2.05, 4.69) is 17.1 Å². The number of rotatable bonds is 5. The van der Waals surface area contributed by atoms with Gasteiger partial charge in [0.15, 0.2) is 5.78 Å². The fraction of sp³-hybridized carbons (Fsp3) is 0.333. The number of allylic oxidation sites excluding steroid dienone is 2. The first kappa shape index (κ1) is 25.4. The van der Waals surface area contributed by atoms with Crippen LogP contribution in [0.1, 0.15) is 75.9 Å². The average Bonchev–Trinajstić information content (AvgIpc) is 3.60. The van der Waals surface area contributed by atoms with Crippen molar-refractivity contribution in [2.75, 3.05) is 0 Å². The molecule has 4 nitrogen and oxygen atoms in total.